The van der Waals surface area contributed by atoms with E-state index in [1.807, 2.05) is 31.1 Å². The van der Waals surface area contributed by atoms with E-state index < -0.39 is 0 Å². The van der Waals surface area contributed by atoms with Crippen molar-refractivity contribution in [2.24, 2.45) is 0 Å². The summed E-state index contributed by atoms with van der Waals surface area (Å²) in [5.74, 6) is 1.12. The maximum absolute atomic E-state index is 12.3. The van der Waals surface area contributed by atoms with Crippen molar-refractivity contribution in [3.63, 3.8) is 0 Å². The smallest absolute Gasteiger partial charge is 0.253 e. The van der Waals surface area contributed by atoms with Gasteiger partial charge in [-0.3, -0.25) is 4.79 Å². The van der Waals surface area contributed by atoms with Gasteiger partial charge in [-0.1, -0.05) is 11.6 Å². The van der Waals surface area contributed by atoms with Crippen molar-refractivity contribution in [1.82, 2.24) is 24.9 Å². The molecule has 0 atom stereocenters. The molecule has 132 valence electrons. The zero-order valence-electron chi connectivity index (χ0n) is 14.2. The highest BCUT2D eigenvalue weighted by Gasteiger charge is 2.12. The highest BCUT2D eigenvalue weighted by Crippen LogP contribution is 2.21. The summed E-state index contributed by atoms with van der Waals surface area (Å²) in [6.45, 7) is 0.278. The highest BCUT2D eigenvalue weighted by atomic mass is 35.5. The van der Waals surface area contributed by atoms with E-state index in [0.717, 1.165) is 16.4 Å². The second-order valence-corrected chi connectivity index (χ2v) is 6.51. The minimum atomic E-state index is -0.166. The number of anilines is 2. The lowest BCUT2D eigenvalue weighted by atomic mass is 10.1. The van der Waals surface area contributed by atoms with Gasteiger partial charge in [0, 0.05) is 42.1 Å². The third kappa shape index (κ3) is 2.95. The molecule has 0 aliphatic heterocycles. The van der Waals surface area contributed by atoms with Crippen LogP contribution in [-0.4, -0.2) is 39.0 Å². The first-order valence-corrected chi connectivity index (χ1v) is 8.33. The van der Waals surface area contributed by atoms with E-state index in [0.29, 0.717) is 28.0 Å². The zero-order valence-corrected chi connectivity index (χ0v) is 14.9. The van der Waals surface area contributed by atoms with Crippen LogP contribution in [-0.2, 0) is 6.54 Å². The minimum absolute atomic E-state index is 0.166. The van der Waals surface area contributed by atoms with E-state index in [-0.39, 0.29) is 12.1 Å². The van der Waals surface area contributed by atoms with Gasteiger partial charge in [-0.2, -0.15) is 9.97 Å². The maximum Gasteiger partial charge on any atom is 0.253 e. The van der Waals surface area contributed by atoms with Gasteiger partial charge < -0.3 is 20.2 Å². The summed E-state index contributed by atoms with van der Waals surface area (Å²) < 4.78 is 0. The summed E-state index contributed by atoms with van der Waals surface area (Å²) >= 11 is 6.03. The molecule has 0 saturated carbocycles. The molecule has 0 saturated heterocycles. The van der Waals surface area contributed by atoms with Crippen molar-refractivity contribution < 1.29 is 0 Å². The number of benzene rings is 1. The lowest BCUT2D eigenvalue weighted by Crippen LogP contribution is -2.17. The Hall–Kier alpha value is -3.13. The van der Waals surface area contributed by atoms with Crippen molar-refractivity contribution in [1.29, 1.82) is 0 Å². The molecule has 3 heterocycles. The lowest BCUT2D eigenvalue weighted by molar-refractivity contribution is 1.01. The number of nitrogens with one attached hydrogen (secondary N) is 3. The molecule has 3 aromatic heterocycles. The monoisotopic (exact) mass is 369 g/mol. The van der Waals surface area contributed by atoms with Gasteiger partial charge in [0.15, 0.2) is 11.5 Å². The van der Waals surface area contributed by atoms with E-state index in [4.69, 9.17) is 11.6 Å². The molecule has 0 bridgehead atoms. The third-order valence-electron chi connectivity index (χ3n) is 4.01. The summed E-state index contributed by atoms with van der Waals surface area (Å²) in [6.07, 6.45) is 1.58. The van der Waals surface area contributed by atoms with Crippen LogP contribution in [0.25, 0.3) is 22.1 Å². The molecule has 0 amide bonds. The molecule has 8 nitrogen and oxygen atoms in total. The standard InChI is InChI=1S/C17H16ClN7O/c1-25(2)15-13-14(21-8-20-13)23-17(24-15)19-7-10-5-9-6-11(18)3-4-12(9)22-16(10)26/h3-6,8H,7H2,1-2H3,(H,22,26)(H2,19,20,21,23,24). The van der Waals surface area contributed by atoms with Crippen LogP contribution in [0.3, 0.4) is 0 Å². The van der Waals surface area contributed by atoms with Crippen LogP contribution in [0.2, 0.25) is 5.02 Å². The summed E-state index contributed by atoms with van der Waals surface area (Å²) in [6, 6.07) is 7.15. The van der Waals surface area contributed by atoms with Crippen LogP contribution in [0.1, 0.15) is 5.56 Å². The zero-order chi connectivity index (χ0) is 18.3. The van der Waals surface area contributed by atoms with Crippen LogP contribution in [0, 0.1) is 0 Å². The minimum Gasteiger partial charge on any atom is -0.361 e. The van der Waals surface area contributed by atoms with Gasteiger partial charge in [0.25, 0.3) is 5.56 Å². The van der Waals surface area contributed by atoms with E-state index >= 15 is 0 Å². The largest absolute Gasteiger partial charge is 0.361 e. The molecule has 0 radical (unpaired) electrons. The Morgan fingerprint density at radius 3 is 2.88 bits per heavy atom. The van der Waals surface area contributed by atoms with Crippen molar-refractivity contribution in [3.8, 4) is 0 Å². The fraction of sp³-hybridized carbons (Fsp3) is 0.176. The Bertz CT molecular complexity index is 1160. The van der Waals surface area contributed by atoms with Crippen molar-refractivity contribution in [2.75, 3.05) is 24.3 Å². The molecule has 0 unspecified atom stereocenters. The van der Waals surface area contributed by atoms with Gasteiger partial charge in [-0.05, 0) is 24.3 Å². The number of halogens is 1. The van der Waals surface area contributed by atoms with Gasteiger partial charge in [0.05, 0.1) is 6.33 Å². The molecule has 1 aromatic carbocycles. The Morgan fingerprint density at radius 1 is 1.23 bits per heavy atom. The van der Waals surface area contributed by atoms with Crippen LogP contribution < -0.4 is 15.8 Å². The van der Waals surface area contributed by atoms with Crippen LogP contribution in [0.5, 0.6) is 0 Å². The van der Waals surface area contributed by atoms with Gasteiger partial charge in [-0.25, -0.2) is 4.98 Å². The van der Waals surface area contributed by atoms with Crippen molar-refractivity contribution in [3.05, 3.63) is 51.5 Å². The SMILES string of the molecule is CN(C)c1nc(NCc2cc3cc(Cl)ccc3[nH]c2=O)nc2nc[nH]c12. The highest BCUT2D eigenvalue weighted by molar-refractivity contribution is 6.31. The van der Waals surface area contributed by atoms with E-state index in [9.17, 15) is 4.79 Å². The summed E-state index contributed by atoms with van der Waals surface area (Å²) in [5.41, 5.74) is 2.47. The molecule has 0 aliphatic carbocycles. The Balaban J connectivity index is 1.67. The normalized spacial score (nSPS) is 11.2. The van der Waals surface area contributed by atoms with Gasteiger partial charge >= 0.3 is 0 Å². The molecule has 0 fully saturated rings. The molecule has 26 heavy (non-hydrogen) atoms. The topological polar surface area (TPSA) is 103 Å². The first kappa shape index (κ1) is 16.3. The quantitative estimate of drug-likeness (QED) is 0.511. The van der Waals surface area contributed by atoms with E-state index in [1.165, 1.54) is 0 Å². The number of rotatable bonds is 4. The van der Waals surface area contributed by atoms with E-state index in [1.54, 1.807) is 18.5 Å². The first-order valence-electron chi connectivity index (χ1n) is 7.95. The van der Waals surface area contributed by atoms with Gasteiger partial charge in [0.2, 0.25) is 5.95 Å². The Morgan fingerprint density at radius 2 is 2.08 bits per heavy atom. The molecular weight excluding hydrogens is 354 g/mol. The molecule has 3 N–H and O–H groups in total. The second kappa shape index (κ2) is 6.30. The average Bonchev–Trinajstić information content (AvgIpc) is 3.07. The number of aromatic nitrogens is 5. The number of hydrogen-bond donors (Lipinski definition) is 3. The number of nitrogens with zero attached hydrogens (tertiary/aromatic N) is 4. The molecule has 9 heteroatoms. The van der Waals surface area contributed by atoms with Crippen LogP contribution >= 0.6 is 11.6 Å². The number of aromatic amines is 2. The summed E-state index contributed by atoms with van der Waals surface area (Å²) in [5, 5.41) is 4.59. The summed E-state index contributed by atoms with van der Waals surface area (Å²) in [7, 11) is 3.79. The molecular formula is C17H16ClN7O. The molecule has 0 spiro atoms. The number of imidazole rings is 1. The van der Waals surface area contributed by atoms with Crippen molar-refractivity contribution >= 4 is 45.4 Å². The fourth-order valence-electron chi connectivity index (χ4n) is 2.75. The lowest BCUT2D eigenvalue weighted by Gasteiger charge is -2.13. The average molecular weight is 370 g/mol. The number of hydrogen-bond acceptors (Lipinski definition) is 6. The van der Waals surface area contributed by atoms with Gasteiger partial charge in [0.1, 0.15) is 5.52 Å². The summed E-state index contributed by atoms with van der Waals surface area (Å²) in [4.78, 5) is 33.1. The van der Waals surface area contributed by atoms with Crippen LogP contribution in [0.15, 0.2) is 35.4 Å². The van der Waals surface area contributed by atoms with Crippen molar-refractivity contribution in [2.45, 2.75) is 6.54 Å². The maximum atomic E-state index is 12.3. The first-order chi connectivity index (χ1) is 12.5. The Kier molecular flexibility index (Phi) is 3.96. The Labute approximate surface area is 153 Å². The molecule has 4 aromatic rings. The van der Waals surface area contributed by atoms with Crippen LogP contribution in [0.4, 0.5) is 11.8 Å². The third-order valence-corrected chi connectivity index (χ3v) is 4.25. The van der Waals surface area contributed by atoms with Gasteiger partial charge in [-0.15, -0.1) is 0 Å². The second-order valence-electron chi connectivity index (χ2n) is 6.08. The number of pyridine rings is 1. The molecule has 0 aliphatic rings. The molecule has 4 rings (SSSR count). The van der Waals surface area contributed by atoms with E-state index in [2.05, 4.69) is 30.2 Å². The number of fused-ring (bicyclic) bond motifs is 2. The number of H-pyrrole nitrogens is 2. The predicted octanol–water partition coefficient (Wildman–Crippen LogP) is 2.53. The predicted molar refractivity (Wildman–Crippen MR) is 103 cm³/mol. The fourth-order valence-corrected chi connectivity index (χ4v) is 2.93.